The van der Waals surface area contributed by atoms with Crippen molar-refractivity contribution in [2.45, 2.75) is 13.3 Å². The fraction of sp³-hybridized carbons (Fsp3) is 0.667. The van der Waals surface area contributed by atoms with Gasteiger partial charge in [0.15, 0.2) is 0 Å². The predicted octanol–water partition coefficient (Wildman–Crippen LogP) is 1.26. The van der Waals surface area contributed by atoms with E-state index in [9.17, 15) is 4.79 Å². The highest BCUT2D eigenvalue weighted by Gasteiger charge is 2.01. The van der Waals surface area contributed by atoms with Crippen LogP contribution in [0.4, 0.5) is 0 Å². The molecule has 0 amide bonds. The van der Waals surface area contributed by atoms with Crippen LogP contribution in [0.1, 0.15) is 13.3 Å². The van der Waals surface area contributed by atoms with E-state index in [-0.39, 0.29) is 12.6 Å². The van der Waals surface area contributed by atoms with E-state index in [0.717, 1.165) is 6.42 Å². The molecule has 0 fully saturated rings. The fourth-order valence-electron chi connectivity index (χ4n) is 0.580. The summed E-state index contributed by atoms with van der Waals surface area (Å²) in [6.07, 6.45) is 0.792. The number of hydrogen-bond donors (Lipinski definition) is 1. The van der Waals surface area contributed by atoms with Gasteiger partial charge >= 0.3 is 5.97 Å². The van der Waals surface area contributed by atoms with Crippen molar-refractivity contribution in [1.29, 1.82) is 0 Å². The summed E-state index contributed by atoms with van der Waals surface area (Å²) in [5, 5.41) is 0. The van der Waals surface area contributed by atoms with Gasteiger partial charge in [0, 0.05) is 11.5 Å². The quantitative estimate of drug-likeness (QED) is 0.220. The molecule has 0 bridgehead atoms. The monoisotopic (exact) mass is 221 g/mol. The second-order valence-corrected chi connectivity index (χ2v) is 3.08. The molecule has 0 aromatic heterocycles. The molecule has 0 saturated heterocycles. The van der Waals surface area contributed by atoms with Gasteiger partial charge in [-0.3, -0.25) is 0 Å². The maximum Gasteiger partial charge on any atom is 0.333 e. The SMILES string of the molecule is C=C(C)C(=O)OCCNOCCCCl. The smallest absolute Gasteiger partial charge is 0.333 e. The molecule has 0 aliphatic rings. The van der Waals surface area contributed by atoms with Crippen LogP contribution in [-0.4, -0.2) is 31.6 Å². The standard InChI is InChI=1S/C9H16ClNO3/c1-8(2)9(12)13-7-5-11-14-6-3-4-10/h11H,1,3-7H2,2H3. The zero-order valence-corrected chi connectivity index (χ0v) is 9.10. The number of carbonyl (C=O) groups excluding carboxylic acids is 1. The van der Waals surface area contributed by atoms with E-state index in [1.165, 1.54) is 0 Å². The molecule has 1 N–H and O–H groups in total. The first-order chi connectivity index (χ1) is 6.68. The van der Waals surface area contributed by atoms with Crippen molar-refractivity contribution in [1.82, 2.24) is 5.48 Å². The highest BCUT2D eigenvalue weighted by atomic mass is 35.5. The number of rotatable bonds is 8. The molecular weight excluding hydrogens is 206 g/mol. The van der Waals surface area contributed by atoms with Gasteiger partial charge in [0.05, 0.1) is 13.2 Å². The molecule has 4 nitrogen and oxygen atoms in total. The van der Waals surface area contributed by atoms with Crippen molar-refractivity contribution in [2.75, 3.05) is 25.6 Å². The maximum absolute atomic E-state index is 10.9. The first-order valence-electron chi connectivity index (χ1n) is 4.41. The summed E-state index contributed by atoms with van der Waals surface area (Å²) in [6, 6.07) is 0. The van der Waals surface area contributed by atoms with Crippen LogP contribution < -0.4 is 5.48 Å². The molecule has 0 aliphatic carbocycles. The Kier molecular flexibility index (Phi) is 8.62. The Morgan fingerprint density at radius 1 is 1.50 bits per heavy atom. The summed E-state index contributed by atoms with van der Waals surface area (Å²) >= 11 is 5.43. The molecule has 0 atom stereocenters. The summed E-state index contributed by atoms with van der Waals surface area (Å²) in [6.45, 7) is 6.34. The van der Waals surface area contributed by atoms with Crippen molar-refractivity contribution in [3.8, 4) is 0 Å². The molecular formula is C9H16ClNO3. The number of hydroxylamine groups is 1. The lowest BCUT2D eigenvalue weighted by Crippen LogP contribution is -2.22. The number of ether oxygens (including phenoxy) is 1. The zero-order valence-electron chi connectivity index (χ0n) is 8.35. The topological polar surface area (TPSA) is 47.6 Å². The van der Waals surface area contributed by atoms with Crippen LogP contribution >= 0.6 is 11.6 Å². The molecule has 0 aromatic rings. The summed E-state index contributed by atoms with van der Waals surface area (Å²) in [4.78, 5) is 15.8. The van der Waals surface area contributed by atoms with Crippen LogP contribution in [-0.2, 0) is 14.4 Å². The van der Waals surface area contributed by atoms with Gasteiger partial charge in [-0.2, -0.15) is 5.48 Å². The Balaban J connectivity index is 3.13. The van der Waals surface area contributed by atoms with Gasteiger partial charge in [0.25, 0.3) is 0 Å². The van der Waals surface area contributed by atoms with E-state index in [0.29, 0.717) is 24.6 Å². The highest BCUT2D eigenvalue weighted by molar-refractivity contribution is 6.17. The van der Waals surface area contributed by atoms with Crippen molar-refractivity contribution < 1.29 is 14.4 Å². The first-order valence-corrected chi connectivity index (χ1v) is 4.95. The van der Waals surface area contributed by atoms with Crippen LogP contribution in [0.3, 0.4) is 0 Å². The Morgan fingerprint density at radius 3 is 2.79 bits per heavy atom. The van der Waals surface area contributed by atoms with E-state index in [1.54, 1.807) is 6.92 Å². The normalized spacial score (nSPS) is 9.86. The molecule has 0 heterocycles. The molecule has 0 unspecified atom stereocenters. The fourth-order valence-corrected chi connectivity index (χ4v) is 0.689. The Labute approximate surface area is 89.2 Å². The second kappa shape index (κ2) is 8.99. The maximum atomic E-state index is 10.9. The average molecular weight is 222 g/mol. The van der Waals surface area contributed by atoms with Gasteiger partial charge in [-0.1, -0.05) is 6.58 Å². The van der Waals surface area contributed by atoms with Crippen molar-refractivity contribution in [3.05, 3.63) is 12.2 Å². The number of nitrogens with one attached hydrogen (secondary N) is 1. The van der Waals surface area contributed by atoms with E-state index in [1.807, 2.05) is 0 Å². The van der Waals surface area contributed by atoms with E-state index in [4.69, 9.17) is 21.2 Å². The number of alkyl halides is 1. The number of esters is 1. The van der Waals surface area contributed by atoms with Gasteiger partial charge in [-0.05, 0) is 13.3 Å². The molecule has 0 aromatic carbocycles. The molecule has 0 rings (SSSR count). The Hall–Kier alpha value is -0.580. The van der Waals surface area contributed by atoms with Crippen LogP contribution in [0, 0.1) is 0 Å². The summed E-state index contributed by atoms with van der Waals surface area (Å²) in [5.74, 6) is 0.194. The van der Waals surface area contributed by atoms with Gasteiger partial charge in [-0.15, -0.1) is 11.6 Å². The molecule has 5 heteroatoms. The van der Waals surface area contributed by atoms with Gasteiger partial charge in [-0.25, -0.2) is 4.79 Å². The molecule has 0 saturated carbocycles. The Morgan fingerprint density at radius 2 is 2.21 bits per heavy atom. The lowest BCUT2D eigenvalue weighted by Gasteiger charge is -2.05. The summed E-state index contributed by atoms with van der Waals surface area (Å²) < 4.78 is 4.80. The molecule has 0 aliphatic heterocycles. The minimum atomic E-state index is -0.382. The van der Waals surface area contributed by atoms with E-state index < -0.39 is 0 Å². The molecule has 82 valence electrons. The lowest BCUT2D eigenvalue weighted by atomic mass is 10.4. The van der Waals surface area contributed by atoms with Crippen molar-refractivity contribution in [2.24, 2.45) is 0 Å². The first kappa shape index (κ1) is 13.4. The third kappa shape index (κ3) is 8.04. The summed E-state index contributed by atoms with van der Waals surface area (Å²) in [5.41, 5.74) is 3.05. The van der Waals surface area contributed by atoms with Gasteiger partial charge < -0.3 is 9.57 Å². The minimum Gasteiger partial charge on any atom is -0.461 e. The molecule has 14 heavy (non-hydrogen) atoms. The third-order valence-electron chi connectivity index (χ3n) is 1.27. The average Bonchev–Trinajstić information content (AvgIpc) is 2.16. The van der Waals surface area contributed by atoms with Crippen LogP contribution in [0.5, 0.6) is 0 Å². The minimum absolute atomic E-state index is 0.270. The van der Waals surface area contributed by atoms with E-state index >= 15 is 0 Å². The predicted molar refractivity (Wildman–Crippen MR) is 55.1 cm³/mol. The van der Waals surface area contributed by atoms with Crippen molar-refractivity contribution >= 4 is 17.6 Å². The Bertz CT molecular complexity index is 185. The third-order valence-corrected chi connectivity index (χ3v) is 1.54. The number of halogens is 1. The van der Waals surface area contributed by atoms with Crippen LogP contribution in [0.2, 0.25) is 0 Å². The van der Waals surface area contributed by atoms with Gasteiger partial charge in [0.1, 0.15) is 6.61 Å². The van der Waals surface area contributed by atoms with Crippen LogP contribution in [0.25, 0.3) is 0 Å². The zero-order chi connectivity index (χ0) is 10.8. The van der Waals surface area contributed by atoms with Crippen LogP contribution in [0.15, 0.2) is 12.2 Å². The number of carbonyl (C=O) groups is 1. The van der Waals surface area contributed by atoms with Gasteiger partial charge in [0.2, 0.25) is 0 Å². The molecule has 0 radical (unpaired) electrons. The van der Waals surface area contributed by atoms with E-state index in [2.05, 4.69) is 12.1 Å². The summed E-state index contributed by atoms with van der Waals surface area (Å²) in [7, 11) is 0. The number of hydrogen-bond acceptors (Lipinski definition) is 4. The largest absolute Gasteiger partial charge is 0.461 e. The second-order valence-electron chi connectivity index (χ2n) is 2.70. The lowest BCUT2D eigenvalue weighted by molar-refractivity contribution is -0.139. The van der Waals surface area contributed by atoms with Crippen molar-refractivity contribution in [3.63, 3.8) is 0 Å². The highest BCUT2D eigenvalue weighted by Crippen LogP contribution is 1.90. The molecule has 0 spiro atoms.